The van der Waals surface area contributed by atoms with Crippen LogP contribution in [0.15, 0.2) is 0 Å². The molecule has 2 aliphatic heterocycles. The van der Waals surface area contributed by atoms with E-state index >= 15 is 0 Å². The van der Waals surface area contributed by atoms with E-state index in [2.05, 4.69) is 32.0 Å². The van der Waals surface area contributed by atoms with Crippen LogP contribution in [-0.2, 0) is 19.5 Å². The van der Waals surface area contributed by atoms with Crippen LogP contribution in [0.4, 0.5) is 0 Å². The summed E-state index contributed by atoms with van der Waals surface area (Å²) in [7, 11) is 2.20. The first kappa shape index (κ1) is 12.1. The van der Waals surface area contributed by atoms with Gasteiger partial charge in [0.2, 0.25) is 0 Å². The van der Waals surface area contributed by atoms with Gasteiger partial charge in [-0.3, -0.25) is 0 Å². The number of aromatic nitrogens is 3. The summed E-state index contributed by atoms with van der Waals surface area (Å²) in [6.07, 6.45) is 4.95. The van der Waals surface area contributed by atoms with Gasteiger partial charge in [0.05, 0.1) is 6.54 Å². The van der Waals surface area contributed by atoms with Gasteiger partial charge < -0.3 is 14.8 Å². The van der Waals surface area contributed by atoms with Gasteiger partial charge in [0, 0.05) is 19.5 Å². The van der Waals surface area contributed by atoms with Crippen molar-refractivity contribution in [2.24, 2.45) is 5.92 Å². The van der Waals surface area contributed by atoms with Crippen molar-refractivity contribution in [3.8, 4) is 0 Å². The molecule has 2 aliphatic rings. The van der Waals surface area contributed by atoms with Gasteiger partial charge in [-0.05, 0) is 45.3 Å². The van der Waals surface area contributed by atoms with Crippen LogP contribution >= 0.6 is 0 Å². The first-order valence-corrected chi connectivity index (χ1v) is 7.13. The van der Waals surface area contributed by atoms with E-state index in [1.165, 1.54) is 38.2 Å². The maximum atomic E-state index is 4.32. The molecule has 3 heterocycles. The average Bonchev–Trinajstić information content (AvgIpc) is 2.97. The van der Waals surface area contributed by atoms with Crippen LogP contribution < -0.4 is 5.32 Å². The van der Waals surface area contributed by atoms with Crippen LogP contribution in [0.1, 0.15) is 30.9 Å². The van der Waals surface area contributed by atoms with Crippen molar-refractivity contribution in [3.05, 3.63) is 11.6 Å². The zero-order chi connectivity index (χ0) is 12.4. The summed E-state index contributed by atoms with van der Waals surface area (Å²) in [5, 5.41) is 12.2. The van der Waals surface area contributed by atoms with Gasteiger partial charge in [-0.1, -0.05) is 0 Å². The summed E-state index contributed by atoms with van der Waals surface area (Å²) >= 11 is 0. The van der Waals surface area contributed by atoms with Crippen LogP contribution in [0.5, 0.6) is 0 Å². The quantitative estimate of drug-likeness (QED) is 0.851. The highest BCUT2D eigenvalue weighted by Crippen LogP contribution is 2.15. The summed E-state index contributed by atoms with van der Waals surface area (Å²) in [6, 6.07) is 0. The number of nitrogens with one attached hydrogen (secondary N) is 1. The van der Waals surface area contributed by atoms with E-state index in [1.54, 1.807) is 0 Å². The SMILES string of the molecule is CN1CCC(CNCc2nnc3n2CCCC3)C1. The molecule has 5 nitrogen and oxygen atoms in total. The molecule has 0 radical (unpaired) electrons. The number of hydrogen-bond acceptors (Lipinski definition) is 4. The standard InChI is InChI=1S/C13H23N5/c1-17-7-5-11(10-17)8-14-9-13-16-15-12-4-2-3-6-18(12)13/h11,14H,2-10H2,1H3. The van der Waals surface area contributed by atoms with E-state index in [9.17, 15) is 0 Å². The first-order valence-electron chi connectivity index (χ1n) is 7.13. The second-order valence-electron chi connectivity index (χ2n) is 5.69. The Hall–Kier alpha value is -0.940. The van der Waals surface area contributed by atoms with Crippen LogP contribution in [-0.4, -0.2) is 46.3 Å². The molecule has 0 saturated carbocycles. The normalized spacial score (nSPS) is 24.4. The Morgan fingerprint density at radius 1 is 1.28 bits per heavy atom. The minimum Gasteiger partial charge on any atom is -0.314 e. The number of likely N-dealkylation sites (tertiary alicyclic amines) is 1. The monoisotopic (exact) mass is 249 g/mol. The second kappa shape index (κ2) is 5.36. The van der Waals surface area contributed by atoms with E-state index < -0.39 is 0 Å². The Morgan fingerprint density at radius 3 is 3.06 bits per heavy atom. The van der Waals surface area contributed by atoms with Crippen molar-refractivity contribution in [1.82, 2.24) is 25.0 Å². The molecule has 1 saturated heterocycles. The maximum absolute atomic E-state index is 4.32. The average molecular weight is 249 g/mol. The molecule has 1 aromatic rings. The Bertz CT molecular complexity index is 400. The molecule has 0 aliphatic carbocycles. The molecule has 100 valence electrons. The van der Waals surface area contributed by atoms with Crippen LogP contribution in [0.2, 0.25) is 0 Å². The molecule has 0 aromatic carbocycles. The topological polar surface area (TPSA) is 46.0 Å². The molecule has 1 fully saturated rings. The number of aryl methyl sites for hydroxylation is 1. The van der Waals surface area contributed by atoms with E-state index in [-0.39, 0.29) is 0 Å². The number of nitrogens with zero attached hydrogens (tertiary/aromatic N) is 4. The summed E-state index contributed by atoms with van der Waals surface area (Å²) in [5.41, 5.74) is 0. The maximum Gasteiger partial charge on any atom is 0.147 e. The zero-order valence-corrected chi connectivity index (χ0v) is 11.2. The van der Waals surface area contributed by atoms with Gasteiger partial charge in [0.25, 0.3) is 0 Å². The van der Waals surface area contributed by atoms with Crippen LogP contribution in [0.3, 0.4) is 0 Å². The van der Waals surface area contributed by atoms with E-state index in [1.807, 2.05) is 0 Å². The third kappa shape index (κ3) is 2.57. The largest absolute Gasteiger partial charge is 0.314 e. The number of fused-ring (bicyclic) bond motifs is 1. The van der Waals surface area contributed by atoms with Crippen molar-refractivity contribution in [3.63, 3.8) is 0 Å². The first-order chi connectivity index (χ1) is 8.83. The number of hydrogen-bond donors (Lipinski definition) is 1. The molecule has 1 unspecified atom stereocenters. The Morgan fingerprint density at radius 2 is 2.22 bits per heavy atom. The molecule has 1 atom stereocenters. The molecule has 5 heteroatoms. The van der Waals surface area contributed by atoms with E-state index in [4.69, 9.17) is 0 Å². The van der Waals surface area contributed by atoms with E-state index in [0.29, 0.717) is 0 Å². The Labute approximate surface area is 109 Å². The summed E-state index contributed by atoms with van der Waals surface area (Å²) in [5.74, 6) is 3.11. The van der Waals surface area contributed by atoms with Gasteiger partial charge >= 0.3 is 0 Å². The molecule has 18 heavy (non-hydrogen) atoms. The minimum atomic E-state index is 0.804. The van der Waals surface area contributed by atoms with Crippen LogP contribution in [0.25, 0.3) is 0 Å². The fourth-order valence-electron chi connectivity index (χ4n) is 3.08. The molecule has 0 amide bonds. The fraction of sp³-hybridized carbons (Fsp3) is 0.846. The Kier molecular flexibility index (Phi) is 3.61. The molecule has 3 rings (SSSR count). The van der Waals surface area contributed by atoms with Crippen molar-refractivity contribution in [1.29, 1.82) is 0 Å². The van der Waals surface area contributed by atoms with E-state index in [0.717, 1.165) is 37.8 Å². The minimum absolute atomic E-state index is 0.804. The third-order valence-electron chi connectivity index (χ3n) is 4.14. The Balaban J connectivity index is 1.49. The third-order valence-corrected chi connectivity index (χ3v) is 4.14. The van der Waals surface area contributed by atoms with Crippen molar-refractivity contribution in [2.45, 2.75) is 38.8 Å². The van der Waals surface area contributed by atoms with Gasteiger partial charge in [0.1, 0.15) is 11.6 Å². The molecular formula is C13H23N5. The zero-order valence-electron chi connectivity index (χ0n) is 11.2. The van der Waals surface area contributed by atoms with Crippen LogP contribution in [0, 0.1) is 5.92 Å². The van der Waals surface area contributed by atoms with Gasteiger partial charge in [-0.15, -0.1) is 10.2 Å². The van der Waals surface area contributed by atoms with Gasteiger partial charge in [0.15, 0.2) is 0 Å². The fourth-order valence-corrected chi connectivity index (χ4v) is 3.08. The van der Waals surface area contributed by atoms with Crippen molar-refractivity contribution >= 4 is 0 Å². The highest BCUT2D eigenvalue weighted by atomic mass is 15.3. The highest BCUT2D eigenvalue weighted by molar-refractivity contribution is 4.98. The van der Waals surface area contributed by atoms with Gasteiger partial charge in [-0.2, -0.15) is 0 Å². The lowest BCUT2D eigenvalue weighted by Crippen LogP contribution is -2.26. The molecule has 0 bridgehead atoms. The predicted octanol–water partition coefficient (Wildman–Crippen LogP) is 0.656. The van der Waals surface area contributed by atoms with Crippen molar-refractivity contribution < 1.29 is 0 Å². The predicted molar refractivity (Wildman–Crippen MR) is 70.3 cm³/mol. The molecule has 1 N–H and O–H groups in total. The molecule has 0 spiro atoms. The summed E-state index contributed by atoms with van der Waals surface area (Å²) < 4.78 is 2.30. The van der Waals surface area contributed by atoms with Gasteiger partial charge in [-0.25, -0.2) is 0 Å². The highest BCUT2D eigenvalue weighted by Gasteiger charge is 2.19. The lowest BCUT2D eigenvalue weighted by atomic mass is 10.1. The number of rotatable bonds is 4. The summed E-state index contributed by atoms with van der Waals surface area (Å²) in [4.78, 5) is 2.41. The lowest BCUT2D eigenvalue weighted by Gasteiger charge is -2.15. The second-order valence-corrected chi connectivity index (χ2v) is 5.69. The summed E-state index contributed by atoms with van der Waals surface area (Å²) in [6.45, 7) is 5.54. The van der Waals surface area contributed by atoms with Crippen molar-refractivity contribution in [2.75, 3.05) is 26.7 Å². The molecular weight excluding hydrogens is 226 g/mol. The lowest BCUT2D eigenvalue weighted by molar-refractivity contribution is 0.386. The molecule has 1 aromatic heterocycles. The smallest absolute Gasteiger partial charge is 0.147 e.